The van der Waals surface area contributed by atoms with Gasteiger partial charge in [0.2, 0.25) is 5.88 Å². The minimum Gasteiger partial charge on any atom is -0.504 e. The summed E-state index contributed by atoms with van der Waals surface area (Å²) in [5.74, 6) is 0.0671. The average Bonchev–Trinajstić information content (AvgIpc) is 3.24. The highest BCUT2D eigenvalue weighted by atomic mass is 16.5. The summed E-state index contributed by atoms with van der Waals surface area (Å²) in [6, 6.07) is 3.78. The Morgan fingerprint density at radius 3 is 2.93 bits per heavy atom. The van der Waals surface area contributed by atoms with Crippen molar-refractivity contribution in [3.63, 3.8) is 0 Å². The monoisotopic (exact) mass is 397 g/mol. The Bertz CT molecular complexity index is 971. The smallest absolute Gasteiger partial charge is 0.347 e. The van der Waals surface area contributed by atoms with Gasteiger partial charge in [0, 0.05) is 42.8 Å². The van der Waals surface area contributed by atoms with Crippen LogP contribution in [0, 0.1) is 0 Å². The molecule has 0 bridgehead atoms. The fourth-order valence-electron chi connectivity index (χ4n) is 3.31. The lowest BCUT2D eigenvalue weighted by Gasteiger charge is -2.23. The number of rotatable bonds is 5. The summed E-state index contributed by atoms with van der Waals surface area (Å²) in [6.07, 6.45) is 6.20. The van der Waals surface area contributed by atoms with Crippen LogP contribution < -0.4 is 5.32 Å². The molecule has 152 valence electrons. The first-order chi connectivity index (χ1) is 14.0. The van der Waals surface area contributed by atoms with Crippen LogP contribution in [0.15, 0.2) is 27.7 Å². The second-order valence-corrected chi connectivity index (χ2v) is 7.24. The lowest BCUT2D eigenvalue weighted by molar-refractivity contribution is 0.0375. The maximum absolute atomic E-state index is 12.6. The van der Waals surface area contributed by atoms with Crippen LogP contribution in [-0.2, 0) is 9.47 Å². The summed E-state index contributed by atoms with van der Waals surface area (Å²) in [4.78, 5) is 21.1. The minimum atomic E-state index is -0.636. The van der Waals surface area contributed by atoms with E-state index in [4.69, 9.17) is 13.9 Å². The van der Waals surface area contributed by atoms with Gasteiger partial charge in [-0.1, -0.05) is 0 Å². The first kappa shape index (κ1) is 19.2. The molecule has 4 heterocycles. The van der Waals surface area contributed by atoms with Gasteiger partial charge < -0.3 is 24.3 Å². The van der Waals surface area contributed by atoms with E-state index in [1.165, 1.54) is 0 Å². The number of nitrogens with one attached hydrogen (secondary N) is 1. The Hall–Kier alpha value is -3.13. The summed E-state index contributed by atoms with van der Waals surface area (Å²) in [6.45, 7) is 4.77. The number of esters is 1. The number of ether oxygens (including phenoxy) is 2. The number of carbonyl (C=O) groups is 1. The predicted molar refractivity (Wildman–Crippen MR) is 109 cm³/mol. The summed E-state index contributed by atoms with van der Waals surface area (Å²) >= 11 is 0. The zero-order valence-electron chi connectivity index (χ0n) is 16.3. The van der Waals surface area contributed by atoms with Gasteiger partial charge in [0.05, 0.1) is 6.10 Å². The molecule has 0 amide bonds. The van der Waals surface area contributed by atoms with E-state index in [9.17, 15) is 9.90 Å². The molecule has 2 aromatic rings. The molecule has 1 saturated heterocycles. The second-order valence-electron chi connectivity index (χ2n) is 7.24. The van der Waals surface area contributed by atoms with E-state index in [0.29, 0.717) is 19.0 Å². The SMILES string of the molecule is CC(C)OC(=O)c1c(NC2CCOCC2)oc(C=C2C=Nc3ncccc32)c1O. The number of anilines is 1. The molecule has 0 aromatic carbocycles. The van der Waals surface area contributed by atoms with Crippen molar-refractivity contribution < 1.29 is 23.8 Å². The number of nitrogens with zero attached hydrogens (tertiary/aromatic N) is 2. The minimum absolute atomic E-state index is 0.00149. The van der Waals surface area contributed by atoms with E-state index in [1.54, 1.807) is 32.3 Å². The van der Waals surface area contributed by atoms with Crippen molar-refractivity contribution in [3.05, 3.63) is 35.2 Å². The number of allylic oxidation sites excluding steroid dienone is 1. The van der Waals surface area contributed by atoms with Crippen molar-refractivity contribution in [1.29, 1.82) is 0 Å². The molecular weight excluding hydrogens is 374 g/mol. The molecular formula is C21H23N3O5. The topological polar surface area (TPSA) is 106 Å². The molecule has 1 fully saturated rings. The molecule has 29 heavy (non-hydrogen) atoms. The number of aromatic nitrogens is 1. The first-order valence-electron chi connectivity index (χ1n) is 9.65. The van der Waals surface area contributed by atoms with Crippen molar-refractivity contribution >= 4 is 35.5 Å². The van der Waals surface area contributed by atoms with E-state index in [2.05, 4.69) is 15.3 Å². The third-order valence-electron chi connectivity index (χ3n) is 4.72. The van der Waals surface area contributed by atoms with Gasteiger partial charge in [-0.3, -0.25) is 0 Å². The number of aromatic hydroxyl groups is 1. The van der Waals surface area contributed by atoms with Crippen LogP contribution in [-0.4, -0.2) is 47.6 Å². The number of aliphatic imine (C=N–C) groups is 1. The van der Waals surface area contributed by atoms with Gasteiger partial charge in [0.15, 0.2) is 22.9 Å². The lowest BCUT2D eigenvalue weighted by Crippen LogP contribution is -2.28. The maximum Gasteiger partial charge on any atom is 0.347 e. The molecule has 0 radical (unpaired) electrons. The summed E-state index contributed by atoms with van der Waals surface area (Å²) in [5.41, 5.74) is 1.56. The van der Waals surface area contributed by atoms with Crippen molar-refractivity contribution in [1.82, 2.24) is 4.98 Å². The van der Waals surface area contributed by atoms with Crippen LogP contribution in [0.1, 0.15) is 48.4 Å². The lowest BCUT2D eigenvalue weighted by atomic mass is 10.1. The molecule has 4 rings (SSSR count). The average molecular weight is 397 g/mol. The van der Waals surface area contributed by atoms with Crippen molar-refractivity contribution in [2.24, 2.45) is 4.99 Å². The highest BCUT2D eigenvalue weighted by Gasteiger charge is 2.29. The van der Waals surface area contributed by atoms with Gasteiger partial charge in [0.1, 0.15) is 0 Å². The number of furan rings is 1. The van der Waals surface area contributed by atoms with Crippen molar-refractivity contribution in [2.45, 2.75) is 38.8 Å². The number of carbonyl (C=O) groups excluding carboxylic acids is 1. The van der Waals surface area contributed by atoms with Crippen molar-refractivity contribution in [2.75, 3.05) is 18.5 Å². The van der Waals surface area contributed by atoms with Gasteiger partial charge >= 0.3 is 5.97 Å². The van der Waals surface area contributed by atoms with Crippen LogP contribution in [0.3, 0.4) is 0 Å². The van der Waals surface area contributed by atoms with Gasteiger partial charge in [-0.05, 0) is 44.9 Å². The van der Waals surface area contributed by atoms with Gasteiger partial charge in [-0.2, -0.15) is 0 Å². The molecule has 2 aliphatic rings. The molecule has 8 heteroatoms. The molecule has 8 nitrogen and oxygen atoms in total. The zero-order chi connectivity index (χ0) is 20.4. The highest BCUT2D eigenvalue weighted by molar-refractivity contribution is 6.21. The predicted octanol–water partition coefficient (Wildman–Crippen LogP) is 3.79. The Kier molecular flexibility index (Phi) is 5.35. The van der Waals surface area contributed by atoms with E-state index < -0.39 is 5.97 Å². The molecule has 0 unspecified atom stereocenters. The quantitative estimate of drug-likeness (QED) is 0.739. The van der Waals surface area contributed by atoms with Gasteiger partial charge in [0.25, 0.3) is 0 Å². The Morgan fingerprint density at radius 2 is 2.17 bits per heavy atom. The fraction of sp³-hybridized carbons (Fsp3) is 0.381. The zero-order valence-corrected chi connectivity index (χ0v) is 16.3. The summed E-state index contributed by atoms with van der Waals surface area (Å²) in [5, 5.41) is 14.0. The van der Waals surface area contributed by atoms with E-state index in [1.807, 2.05) is 12.1 Å². The third kappa shape index (κ3) is 4.02. The second kappa shape index (κ2) is 8.08. The van der Waals surface area contributed by atoms with Gasteiger partial charge in [-0.25, -0.2) is 14.8 Å². The number of hydrogen-bond donors (Lipinski definition) is 2. The number of fused-ring (bicyclic) bond motifs is 1. The first-order valence-corrected chi connectivity index (χ1v) is 9.65. The summed E-state index contributed by atoms with van der Waals surface area (Å²) < 4.78 is 16.5. The molecule has 2 aromatic heterocycles. The molecule has 0 spiro atoms. The molecule has 0 atom stereocenters. The van der Waals surface area contributed by atoms with Crippen LogP contribution in [0.4, 0.5) is 11.7 Å². The van der Waals surface area contributed by atoms with Crippen LogP contribution in [0.25, 0.3) is 11.6 Å². The molecule has 0 aliphatic carbocycles. The third-order valence-corrected chi connectivity index (χ3v) is 4.72. The highest BCUT2D eigenvalue weighted by Crippen LogP contribution is 2.39. The number of hydrogen-bond acceptors (Lipinski definition) is 8. The Labute approximate surface area is 168 Å². The van der Waals surface area contributed by atoms with E-state index >= 15 is 0 Å². The molecule has 0 saturated carbocycles. The maximum atomic E-state index is 12.6. The van der Waals surface area contributed by atoms with E-state index in [0.717, 1.165) is 24.0 Å². The van der Waals surface area contributed by atoms with Gasteiger partial charge in [-0.15, -0.1) is 0 Å². The fourth-order valence-corrected chi connectivity index (χ4v) is 3.31. The van der Waals surface area contributed by atoms with Crippen LogP contribution in [0.5, 0.6) is 5.75 Å². The Balaban J connectivity index is 1.70. The summed E-state index contributed by atoms with van der Waals surface area (Å²) in [7, 11) is 0. The normalized spacial score (nSPS) is 17.7. The van der Waals surface area contributed by atoms with Crippen LogP contribution in [0.2, 0.25) is 0 Å². The van der Waals surface area contributed by atoms with Crippen molar-refractivity contribution in [3.8, 4) is 5.75 Å². The number of pyridine rings is 1. The van der Waals surface area contributed by atoms with Crippen LogP contribution >= 0.6 is 0 Å². The largest absolute Gasteiger partial charge is 0.504 e. The standard InChI is InChI=1S/C21H23N3O5/c1-12(2)28-21(26)17-18(25)16(29-20(17)24-14-5-8-27-9-6-14)10-13-11-23-19-15(13)4-3-7-22-19/h3-4,7,10-12,14,24-25H,5-6,8-9H2,1-2H3. The molecule has 2 N–H and O–H groups in total. The molecule has 2 aliphatic heterocycles. The van der Waals surface area contributed by atoms with E-state index in [-0.39, 0.29) is 35.1 Å². The Morgan fingerprint density at radius 1 is 1.38 bits per heavy atom.